The van der Waals surface area contributed by atoms with E-state index in [1.165, 1.54) is 12.1 Å². The molecule has 0 radical (unpaired) electrons. The van der Waals surface area contributed by atoms with Crippen molar-refractivity contribution in [2.75, 3.05) is 25.5 Å². The van der Waals surface area contributed by atoms with Crippen LogP contribution in [-0.4, -0.2) is 68.7 Å². The zero-order valence-corrected chi connectivity index (χ0v) is 24.2. The number of carboxylic acid groups (broad SMARTS) is 1. The molecule has 1 atom stereocenters. The van der Waals surface area contributed by atoms with Crippen molar-refractivity contribution >= 4 is 28.9 Å². The third-order valence-electron chi connectivity index (χ3n) is 6.81. The number of carbonyl (C=O) groups is 2. The Hall–Kier alpha value is -4.80. The van der Waals surface area contributed by atoms with Crippen molar-refractivity contribution in [1.29, 1.82) is 0 Å². The first-order valence-corrected chi connectivity index (χ1v) is 13.8. The topological polar surface area (TPSA) is 128 Å². The summed E-state index contributed by atoms with van der Waals surface area (Å²) in [5, 5.41) is 18.5. The molecule has 1 fully saturated rings. The number of anilines is 1. The summed E-state index contributed by atoms with van der Waals surface area (Å²) in [6.45, 7) is 7.09. The van der Waals surface area contributed by atoms with Crippen LogP contribution in [0.1, 0.15) is 49.5 Å². The summed E-state index contributed by atoms with van der Waals surface area (Å²) in [6, 6.07) is 15.7. The lowest BCUT2D eigenvalue weighted by molar-refractivity contribution is 0.0206. The fraction of sp³-hybridized carbons (Fsp3) is 0.355. The minimum Gasteiger partial charge on any atom is -0.497 e. The summed E-state index contributed by atoms with van der Waals surface area (Å²) in [4.78, 5) is 30.7. The second-order valence-electron chi connectivity index (χ2n) is 11.2. The molecule has 4 aromatic rings. The van der Waals surface area contributed by atoms with Gasteiger partial charge in [0, 0.05) is 31.4 Å². The van der Waals surface area contributed by atoms with Gasteiger partial charge in [-0.3, -0.25) is 0 Å². The molecule has 1 aliphatic heterocycles. The van der Waals surface area contributed by atoms with Gasteiger partial charge in [-0.2, -0.15) is 5.10 Å². The van der Waals surface area contributed by atoms with E-state index in [0.29, 0.717) is 48.0 Å². The molecule has 11 heteroatoms. The molecule has 2 N–H and O–H groups in total. The zero-order chi connectivity index (χ0) is 29.9. The number of hydrogen-bond acceptors (Lipinski definition) is 8. The van der Waals surface area contributed by atoms with Gasteiger partial charge in [0.1, 0.15) is 28.2 Å². The Kier molecular flexibility index (Phi) is 8.19. The highest BCUT2D eigenvalue weighted by molar-refractivity contribution is 5.94. The van der Waals surface area contributed by atoms with Gasteiger partial charge < -0.3 is 29.5 Å². The summed E-state index contributed by atoms with van der Waals surface area (Å²) < 4.78 is 18.9. The predicted molar refractivity (Wildman–Crippen MR) is 158 cm³/mol. The van der Waals surface area contributed by atoms with Gasteiger partial charge in [-0.15, -0.1) is 0 Å². The van der Waals surface area contributed by atoms with Gasteiger partial charge in [0.25, 0.3) is 0 Å². The second-order valence-corrected chi connectivity index (χ2v) is 11.2. The highest BCUT2D eigenvalue weighted by Gasteiger charge is 2.29. The smallest absolute Gasteiger partial charge is 0.410 e. The molecule has 0 bridgehead atoms. The third kappa shape index (κ3) is 6.73. The van der Waals surface area contributed by atoms with Crippen molar-refractivity contribution in [2.45, 2.75) is 51.8 Å². The lowest BCUT2D eigenvalue weighted by Crippen LogP contribution is -2.47. The second kappa shape index (κ2) is 12.0. The molecule has 220 valence electrons. The summed E-state index contributed by atoms with van der Waals surface area (Å²) >= 11 is 0. The van der Waals surface area contributed by atoms with Crippen LogP contribution in [0.25, 0.3) is 11.0 Å². The van der Waals surface area contributed by atoms with Gasteiger partial charge in [0.15, 0.2) is 11.5 Å². The molecule has 42 heavy (non-hydrogen) atoms. The number of ether oxygens (including phenoxy) is 3. The van der Waals surface area contributed by atoms with E-state index in [0.717, 1.165) is 24.2 Å². The fourth-order valence-corrected chi connectivity index (χ4v) is 4.87. The number of aromatic carboxylic acids is 1. The number of amides is 1. The van der Waals surface area contributed by atoms with Crippen LogP contribution in [-0.2, 0) is 11.3 Å². The van der Waals surface area contributed by atoms with Crippen LogP contribution >= 0.6 is 0 Å². The summed E-state index contributed by atoms with van der Waals surface area (Å²) in [5.41, 5.74) is 1.14. The third-order valence-corrected chi connectivity index (χ3v) is 6.81. The van der Waals surface area contributed by atoms with Gasteiger partial charge in [-0.05, 0) is 69.5 Å². The maximum Gasteiger partial charge on any atom is 0.410 e. The predicted octanol–water partition coefficient (Wildman–Crippen LogP) is 5.79. The van der Waals surface area contributed by atoms with E-state index in [9.17, 15) is 14.7 Å². The molecule has 2 aromatic carbocycles. The van der Waals surface area contributed by atoms with Gasteiger partial charge in [-0.25, -0.2) is 19.3 Å². The SMILES string of the molecule is COc1ccc(Cn2nc(NC3CCCN(C(=O)OC(C)(C)C)C3)c3c(Oc4cccc(C(=O)O)c4)ccnc32)cc1. The number of likely N-dealkylation sites (tertiary alicyclic amines) is 1. The van der Waals surface area contributed by atoms with Crippen LogP contribution in [0.2, 0.25) is 0 Å². The highest BCUT2D eigenvalue weighted by Crippen LogP contribution is 2.35. The largest absolute Gasteiger partial charge is 0.497 e. The number of carboxylic acids is 1. The van der Waals surface area contributed by atoms with Crippen molar-refractivity contribution in [3.05, 3.63) is 71.9 Å². The molecule has 0 aliphatic carbocycles. The van der Waals surface area contributed by atoms with Gasteiger partial charge >= 0.3 is 12.1 Å². The minimum atomic E-state index is -1.04. The van der Waals surface area contributed by atoms with Gasteiger partial charge in [0.2, 0.25) is 0 Å². The number of carbonyl (C=O) groups excluding carboxylic acids is 1. The molecule has 1 aliphatic rings. The Balaban J connectivity index is 1.48. The monoisotopic (exact) mass is 573 g/mol. The molecule has 2 aromatic heterocycles. The van der Waals surface area contributed by atoms with Crippen molar-refractivity contribution < 1.29 is 28.9 Å². The van der Waals surface area contributed by atoms with E-state index < -0.39 is 11.6 Å². The van der Waals surface area contributed by atoms with Gasteiger partial charge in [0.05, 0.1) is 19.2 Å². The molecule has 1 amide bonds. The maximum atomic E-state index is 12.8. The number of fused-ring (bicyclic) bond motifs is 1. The van der Waals surface area contributed by atoms with E-state index in [-0.39, 0.29) is 17.7 Å². The molecule has 5 rings (SSSR count). The van der Waals surface area contributed by atoms with Crippen LogP contribution in [0.3, 0.4) is 0 Å². The number of benzene rings is 2. The Morgan fingerprint density at radius 2 is 1.88 bits per heavy atom. The first-order chi connectivity index (χ1) is 20.1. The number of nitrogens with one attached hydrogen (secondary N) is 1. The van der Waals surface area contributed by atoms with E-state index in [2.05, 4.69) is 10.3 Å². The average Bonchev–Trinajstić information content (AvgIpc) is 3.30. The Morgan fingerprint density at radius 3 is 2.60 bits per heavy atom. The zero-order valence-electron chi connectivity index (χ0n) is 24.2. The van der Waals surface area contributed by atoms with E-state index >= 15 is 0 Å². The van der Waals surface area contributed by atoms with Crippen LogP contribution in [0.5, 0.6) is 17.2 Å². The molecular formula is C31H35N5O6. The molecule has 0 saturated carbocycles. The van der Waals surface area contributed by atoms with Crippen molar-refractivity contribution in [3.63, 3.8) is 0 Å². The van der Waals surface area contributed by atoms with Crippen LogP contribution in [0.15, 0.2) is 60.8 Å². The first-order valence-electron chi connectivity index (χ1n) is 13.8. The lowest BCUT2D eigenvalue weighted by Gasteiger charge is -2.34. The summed E-state index contributed by atoms with van der Waals surface area (Å²) in [6.07, 6.45) is 2.95. The van der Waals surface area contributed by atoms with E-state index in [1.54, 1.807) is 41.1 Å². The Labute approximate surface area is 244 Å². The molecule has 1 unspecified atom stereocenters. The number of hydrogen-bond donors (Lipinski definition) is 2. The van der Waals surface area contributed by atoms with Crippen molar-refractivity contribution in [3.8, 4) is 17.2 Å². The van der Waals surface area contributed by atoms with Crippen molar-refractivity contribution in [1.82, 2.24) is 19.7 Å². The van der Waals surface area contributed by atoms with E-state index in [1.807, 2.05) is 45.0 Å². The standard InChI is InChI=1S/C31H35N5O6/c1-31(2,3)42-30(39)35-16-6-8-22(19-35)33-27-26-25(41-24-9-5-7-21(17-24)29(37)38)14-15-32-28(26)36(34-27)18-20-10-12-23(40-4)13-11-20/h5,7,9-15,17,22H,6,8,16,18-19H2,1-4H3,(H,33,34)(H,37,38). The fourth-order valence-electron chi connectivity index (χ4n) is 4.87. The van der Waals surface area contributed by atoms with Gasteiger partial charge in [-0.1, -0.05) is 18.2 Å². The Morgan fingerprint density at radius 1 is 1.10 bits per heavy atom. The molecule has 0 spiro atoms. The average molecular weight is 574 g/mol. The first kappa shape index (κ1) is 28.7. The number of aromatic nitrogens is 3. The van der Waals surface area contributed by atoms with E-state index in [4.69, 9.17) is 19.3 Å². The highest BCUT2D eigenvalue weighted by atomic mass is 16.6. The Bertz CT molecular complexity index is 1580. The number of rotatable bonds is 8. The minimum absolute atomic E-state index is 0.0813. The number of pyridine rings is 1. The molecule has 1 saturated heterocycles. The number of piperidine rings is 1. The molecular weight excluding hydrogens is 538 g/mol. The molecule has 11 nitrogen and oxygen atoms in total. The summed E-state index contributed by atoms with van der Waals surface area (Å²) in [7, 11) is 1.63. The number of methoxy groups -OCH3 is 1. The number of nitrogens with zero attached hydrogens (tertiary/aromatic N) is 4. The quantitative estimate of drug-likeness (QED) is 0.269. The van der Waals surface area contributed by atoms with Crippen molar-refractivity contribution in [2.24, 2.45) is 0 Å². The van der Waals surface area contributed by atoms with Crippen LogP contribution in [0.4, 0.5) is 10.6 Å². The summed E-state index contributed by atoms with van der Waals surface area (Å²) in [5.74, 6) is 1.14. The molecule has 3 heterocycles. The lowest BCUT2D eigenvalue weighted by atomic mass is 10.1. The van der Waals surface area contributed by atoms with Crippen LogP contribution < -0.4 is 14.8 Å². The van der Waals surface area contributed by atoms with Crippen LogP contribution in [0, 0.1) is 0 Å². The maximum absolute atomic E-state index is 12.8. The normalized spacial score (nSPS) is 15.3.